The van der Waals surface area contributed by atoms with E-state index in [0.717, 1.165) is 22.4 Å². The number of hydrogen-bond acceptors (Lipinski definition) is 3. The molecule has 1 heterocycles. The van der Waals surface area contributed by atoms with Gasteiger partial charge in [-0.2, -0.15) is 0 Å². The summed E-state index contributed by atoms with van der Waals surface area (Å²) in [5.74, 6) is 1.65. The van der Waals surface area contributed by atoms with Crippen molar-refractivity contribution in [2.75, 3.05) is 20.2 Å². The molecule has 0 saturated carbocycles. The van der Waals surface area contributed by atoms with E-state index in [2.05, 4.69) is 31.2 Å². The van der Waals surface area contributed by atoms with E-state index in [1.54, 1.807) is 7.05 Å². The third-order valence-corrected chi connectivity index (χ3v) is 4.52. The first-order valence-electron chi connectivity index (χ1n) is 8.73. The molecule has 27 heavy (non-hydrogen) atoms. The first kappa shape index (κ1) is 21.2. The lowest BCUT2D eigenvalue weighted by molar-refractivity contribution is 0.265. The van der Waals surface area contributed by atoms with Crippen molar-refractivity contribution in [2.24, 2.45) is 12.0 Å². The first-order valence-corrected chi connectivity index (χ1v) is 8.73. The van der Waals surface area contributed by atoms with Gasteiger partial charge in [0, 0.05) is 26.6 Å². The van der Waals surface area contributed by atoms with E-state index >= 15 is 0 Å². The molecule has 7 heteroatoms. The van der Waals surface area contributed by atoms with Crippen LogP contribution in [0, 0.1) is 0 Å². The highest BCUT2D eigenvalue weighted by Gasteiger charge is 2.12. The van der Waals surface area contributed by atoms with Crippen molar-refractivity contribution in [2.45, 2.75) is 12.5 Å². The number of nitrogens with zero attached hydrogens (tertiary/aromatic N) is 3. The Kier molecular flexibility index (Phi) is 8.05. The van der Waals surface area contributed by atoms with Gasteiger partial charge in [-0.3, -0.25) is 4.99 Å². The van der Waals surface area contributed by atoms with Crippen molar-refractivity contribution in [3.8, 4) is 0 Å². The third-order valence-electron chi connectivity index (χ3n) is 4.52. The molecule has 0 amide bonds. The maximum atomic E-state index is 9.68. The number of halogens is 1. The molecule has 0 aliphatic rings. The Hall–Kier alpha value is -2.13. The molecule has 0 radical (unpaired) electrons. The van der Waals surface area contributed by atoms with Gasteiger partial charge < -0.3 is 20.3 Å². The molecule has 1 unspecified atom stereocenters. The number of aryl methyl sites for hydroxylation is 1. The highest BCUT2D eigenvalue weighted by molar-refractivity contribution is 14.0. The van der Waals surface area contributed by atoms with Gasteiger partial charge >= 0.3 is 0 Å². The van der Waals surface area contributed by atoms with Crippen molar-refractivity contribution < 1.29 is 5.11 Å². The SMILES string of the molecule is CN=C(NCc1nc2ccccc2n1C)NCC(CO)c1ccccc1.I. The minimum Gasteiger partial charge on any atom is -0.396 e. The number of rotatable bonds is 6. The quantitative estimate of drug-likeness (QED) is 0.289. The first-order chi connectivity index (χ1) is 12.7. The summed E-state index contributed by atoms with van der Waals surface area (Å²) in [6, 6.07) is 18.1. The normalized spacial score (nSPS) is 12.5. The lowest BCUT2D eigenvalue weighted by atomic mass is 10.0. The zero-order chi connectivity index (χ0) is 18.4. The number of aliphatic hydroxyl groups excluding tert-OH is 1. The molecule has 3 aromatic rings. The molecule has 0 aliphatic heterocycles. The van der Waals surface area contributed by atoms with E-state index in [0.29, 0.717) is 19.0 Å². The van der Waals surface area contributed by atoms with Crippen LogP contribution in [0.25, 0.3) is 11.0 Å². The van der Waals surface area contributed by atoms with Gasteiger partial charge in [0.1, 0.15) is 5.82 Å². The molecule has 6 nitrogen and oxygen atoms in total. The van der Waals surface area contributed by atoms with Crippen LogP contribution in [0.3, 0.4) is 0 Å². The number of aliphatic hydroxyl groups is 1. The van der Waals surface area contributed by atoms with Crippen LogP contribution < -0.4 is 10.6 Å². The van der Waals surface area contributed by atoms with E-state index in [9.17, 15) is 5.11 Å². The number of aromatic nitrogens is 2. The Morgan fingerprint density at radius 3 is 2.48 bits per heavy atom. The Balaban J connectivity index is 0.00000261. The molecule has 0 aliphatic carbocycles. The number of fused-ring (bicyclic) bond motifs is 1. The van der Waals surface area contributed by atoms with Gasteiger partial charge in [-0.05, 0) is 17.7 Å². The Morgan fingerprint density at radius 1 is 1.11 bits per heavy atom. The van der Waals surface area contributed by atoms with E-state index < -0.39 is 0 Å². The number of nitrogens with one attached hydrogen (secondary N) is 2. The summed E-state index contributed by atoms with van der Waals surface area (Å²) in [6.07, 6.45) is 0. The fourth-order valence-corrected chi connectivity index (χ4v) is 2.97. The van der Waals surface area contributed by atoms with Crippen molar-refractivity contribution in [1.29, 1.82) is 0 Å². The minimum atomic E-state index is 0. The summed E-state index contributed by atoms with van der Waals surface area (Å²) < 4.78 is 2.08. The predicted molar refractivity (Wildman–Crippen MR) is 121 cm³/mol. The number of para-hydroxylation sites is 2. The van der Waals surface area contributed by atoms with Crippen molar-refractivity contribution in [1.82, 2.24) is 20.2 Å². The highest BCUT2D eigenvalue weighted by atomic mass is 127. The molecule has 1 aromatic heterocycles. The van der Waals surface area contributed by atoms with Crippen LogP contribution in [0.1, 0.15) is 17.3 Å². The monoisotopic (exact) mass is 479 g/mol. The number of guanidine groups is 1. The standard InChI is InChI=1S/C20H25N5O.HI/c1-21-20(22-12-16(14-26)15-8-4-3-5-9-15)23-13-19-24-17-10-6-7-11-18(17)25(19)2;/h3-11,16,26H,12-14H2,1-2H3,(H2,21,22,23);1H. The van der Waals surface area contributed by atoms with Gasteiger partial charge in [-0.1, -0.05) is 42.5 Å². The molecule has 2 aromatic carbocycles. The van der Waals surface area contributed by atoms with Gasteiger partial charge in [0.2, 0.25) is 0 Å². The zero-order valence-electron chi connectivity index (χ0n) is 15.6. The molecule has 0 saturated heterocycles. The largest absolute Gasteiger partial charge is 0.396 e. The van der Waals surface area contributed by atoms with Gasteiger partial charge in [-0.25, -0.2) is 4.98 Å². The van der Waals surface area contributed by atoms with Crippen LogP contribution in [0.5, 0.6) is 0 Å². The Bertz CT molecular complexity index is 878. The van der Waals surface area contributed by atoms with Crippen molar-refractivity contribution in [3.63, 3.8) is 0 Å². The highest BCUT2D eigenvalue weighted by Crippen LogP contribution is 2.14. The second kappa shape index (κ2) is 10.3. The van der Waals surface area contributed by atoms with Crippen LogP contribution >= 0.6 is 24.0 Å². The van der Waals surface area contributed by atoms with Gasteiger partial charge in [-0.15, -0.1) is 24.0 Å². The Morgan fingerprint density at radius 2 is 1.81 bits per heavy atom. The average Bonchev–Trinajstić information content (AvgIpc) is 3.01. The maximum absolute atomic E-state index is 9.68. The summed E-state index contributed by atoms with van der Waals surface area (Å²) in [5, 5.41) is 16.3. The maximum Gasteiger partial charge on any atom is 0.191 e. The molecule has 3 N–H and O–H groups in total. The number of benzene rings is 2. The number of hydrogen-bond donors (Lipinski definition) is 3. The van der Waals surface area contributed by atoms with Crippen LogP contribution in [-0.2, 0) is 13.6 Å². The molecular weight excluding hydrogens is 453 g/mol. The molecule has 0 spiro atoms. The summed E-state index contributed by atoms with van der Waals surface area (Å²) in [7, 11) is 3.75. The van der Waals surface area contributed by atoms with E-state index in [1.807, 2.05) is 55.6 Å². The third kappa shape index (κ3) is 5.20. The molecule has 1 atom stereocenters. The number of imidazole rings is 1. The second-order valence-electron chi connectivity index (χ2n) is 6.17. The van der Waals surface area contributed by atoms with Gasteiger partial charge in [0.15, 0.2) is 5.96 Å². The van der Waals surface area contributed by atoms with E-state index in [1.165, 1.54) is 0 Å². The zero-order valence-corrected chi connectivity index (χ0v) is 17.9. The molecular formula is C20H26IN5O. The van der Waals surface area contributed by atoms with Gasteiger partial charge in [0.05, 0.1) is 24.2 Å². The topological polar surface area (TPSA) is 74.5 Å². The molecule has 3 rings (SSSR count). The summed E-state index contributed by atoms with van der Waals surface area (Å²) >= 11 is 0. The van der Waals surface area contributed by atoms with Crippen LogP contribution in [0.15, 0.2) is 59.6 Å². The van der Waals surface area contributed by atoms with Crippen LogP contribution in [0.4, 0.5) is 0 Å². The van der Waals surface area contributed by atoms with Crippen molar-refractivity contribution in [3.05, 3.63) is 66.0 Å². The van der Waals surface area contributed by atoms with E-state index in [4.69, 9.17) is 0 Å². The molecule has 0 bridgehead atoms. The summed E-state index contributed by atoms with van der Waals surface area (Å²) in [5.41, 5.74) is 3.20. The molecule has 144 valence electrons. The lowest BCUT2D eigenvalue weighted by Gasteiger charge is -2.18. The summed E-state index contributed by atoms with van der Waals surface area (Å²) in [6.45, 7) is 1.25. The smallest absolute Gasteiger partial charge is 0.191 e. The van der Waals surface area contributed by atoms with Crippen molar-refractivity contribution >= 4 is 41.0 Å². The fraction of sp³-hybridized carbons (Fsp3) is 0.300. The Labute approximate surface area is 176 Å². The fourth-order valence-electron chi connectivity index (χ4n) is 2.97. The minimum absolute atomic E-state index is 0. The van der Waals surface area contributed by atoms with Crippen LogP contribution in [-0.4, -0.2) is 40.8 Å². The summed E-state index contributed by atoms with van der Waals surface area (Å²) in [4.78, 5) is 8.92. The average molecular weight is 479 g/mol. The second-order valence-corrected chi connectivity index (χ2v) is 6.17. The van der Waals surface area contributed by atoms with E-state index in [-0.39, 0.29) is 36.5 Å². The van der Waals surface area contributed by atoms with Gasteiger partial charge in [0.25, 0.3) is 0 Å². The molecule has 0 fully saturated rings. The van der Waals surface area contributed by atoms with Crippen LogP contribution in [0.2, 0.25) is 0 Å². The number of aliphatic imine (C=N–C) groups is 1. The predicted octanol–water partition coefficient (Wildman–Crippen LogP) is 2.63. The lowest BCUT2D eigenvalue weighted by Crippen LogP contribution is -2.39.